The van der Waals surface area contributed by atoms with Crippen LogP contribution in [0.3, 0.4) is 0 Å². The highest BCUT2D eigenvalue weighted by Crippen LogP contribution is 2.11. The molecule has 1 heterocycles. The van der Waals surface area contributed by atoms with Crippen LogP contribution < -0.4 is 5.73 Å². The largest absolute Gasteiger partial charge is 0.369 e. The molecule has 1 aromatic carbocycles. The lowest BCUT2D eigenvalue weighted by Crippen LogP contribution is -2.05. The highest BCUT2D eigenvalue weighted by atomic mass is 19.1. The maximum atomic E-state index is 13.0. The van der Waals surface area contributed by atoms with E-state index in [-0.39, 0.29) is 0 Å². The van der Waals surface area contributed by atoms with Gasteiger partial charge in [-0.05, 0) is 31.0 Å². The summed E-state index contributed by atoms with van der Waals surface area (Å²) in [6.07, 6.45) is 2.32. The zero-order valence-electron chi connectivity index (χ0n) is 9.45. The fourth-order valence-electron chi connectivity index (χ4n) is 1.75. The molecular weight excluding hydrogens is 224 g/mol. The lowest BCUT2D eigenvalue weighted by atomic mass is 10.1. The Morgan fingerprint density at radius 2 is 1.88 bits per heavy atom. The molecule has 0 amide bonds. The smallest absolute Gasteiger partial charge is 0.200 e. The van der Waals surface area contributed by atoms with Crippen LogP contribution in [0.1, 0.15) is 11.3 Å². The number of imidazole rings is 1. The molecule has 0 saturated heterocycles. The summed E-state index contributed by atoms with van der Waals surface area (Å²) in [5, 5.41) is 0. The Kier molecular flexibility index (Phi) is 3.08. The van der Waals surface area contributed by atoms with Crippen molar-refractivity contribution in [2.45, 2.75) is 19.9 Å². The molecule has 0 unspecified atom stereocenters. The minimum atomic E-state index is -0.560. The number of nitrogen functional groups attached to an aromatic ring is 1. The van der Waals surface area contributed by atoms with Crippen molar-refractivity contribution < 1.29 is 8.78 Å². The Bertz CT molecular complexity index is 514. The molecule has 2 N–H and O–H groups in total. The Morgan fingerprint density at radius 3 is 2.41 bits per heavy atom. The summed E-state index contributed by atoms with van der Waals surface area (Å²) in [6.45, 7) is 2.39. The molecule has 0 spiro atoms. The summed E-state index contributed by atoms with van der Waals surface area (Å²) in [5.74, 6) is -0.705. The third-order valence-electron chi connectivity index (χ3n) is 2.49. The van der Waals surface area contributed by atoms with Crippen molar-refractivity contribution in [2.24, 2.45) is 0 Å². The maximum Gasteiger partial charge on any atom is 0.200 e. The van der Waals surface area contributed by atoms with Gasteiger partial charge in [0.15, 0.2) is 5.95 Å². The minimum Gasteiger partial charge on any atom is -0.369 e. The fourth-order valence-corrected chi connectivity index (χ4v) is 1.75. The van der Waals surface area contributed by atoms with E-state index >= 15 is 0 Å². The second-order valence-corrected chi connectivity index (χ2v) is 3.96. The van der Waals surface area contributed by atoms with Gasteiger partial charge in [0.25, 0.3) is 0 Å². The number of aryl methyl sites for hydroxylation is 3. The van der Waals surface area contributed by atoms with Crippen LogP contribution in [-0.4, -0.2) is 9.55 Å². The van der Waals surface area contributed by atoms with Gasteiger partial charge in [0.2, 0.25) is 0 Å². The van der Waals surface area contributed by atoms with Gasteiger partial charge in [-0.15, -0.1) is 0 Å². The van der Waals surface area contributed by atoms with Crippen LogP contribution in [0.4, 0.5) is 14.7 Å². The summed E-state index contributed by atoms with van der Waals surface area (Å²) < 4.78 is 27.7. The van der Waals surface area contributed by atoms with E-state index in [2.05, 4.69) is 4.98 Å². The second kappa shape index (κ2) is 4.53. The summed E-state index contributed by atoms with van der Waals surface area (Å²) in [6, 6.07) is 3.51. The first-order chi connectivity index (χ1) is 8.04. The van der Waals surface area contributed by atoms with Crippen LogP contribution in [-0.2, 0) is 13.0 Å². The first-order valence-electron chi connectivity index (χ1n) is 5.29. The third-order valence-corrected chi connectivity index (χ3v) is 2.49. The van der Waals surface area contributed by atoms with E-state index in [0.717, 1.165) is 11.8 Å². The second-order valence-electron chi connectivity index (χ2n) is 3.96. The topological polar surface area (TPSA) is 43.8 Å². The van der Waals surface area contributed by atoms with Crippen molar-refractivity contribution in [2.75, 3.05) is 5.73 Å². The molecule has 0 saturated carbocycles. The summed E-state index contributed by atoms with van der Waals surface area (Å²) in [4.78, 5) is 4.05. The van der Waals surface area contributed by atoms with Crippen molar-refractivity contribution in [3.05, 3.63) is 47.3 Å². The summed E-state index contributed by atoms with van der Waals surface area (Å²) in [7, 11) is 0. The normalized spacial score (nSPS) is 10.8. The molecular formula is C12H13F2N3. The molecule has 0 radical (unpaired) electrons. The summed E-state index contributed by atoms with van der Waals surface area (Å²) in [5.41, 5.74) is 7.10. The van der Waals surface area contributed by atoms with Crippen molar-refractivity contribution in [1.29, 1.82) is 0 Å². The van der Waals surface area contributed by atoms with Gasteiger partial charge in [0.05, 0.1) is 5.69 Å². The van der Waals surface area contributed by atoms with Crippen molar-refractivity contribution in [3.63, 3.8) is 0 Å². The van der Waals surface area contributed by atoms with E-state index in [4.69, 9.17) is 5.73 Å². The predicted molar refractivity (Wildman–Crippen MR) is 61.4 cm³/mol. The Hall–Kier alpha value is -1.91. The zero-order valence-corrected chi connectivity index (χ0v) is 9.45. The molecule has 3 nitrogen and oxygen atoms in total. The van der Waals surface area contributed by atoms with Crippen LogP contribution in [0.15, 0.2) is 24.4 Å². The molecule has 0 aliphatic rings. The van der Waals surface area contributed by atoms with E-state index in [1.165, 1.54) is 12.1 Å². The zero-order chi connectivity index (χ0) is 12.4. The fraction of sp³-hybridized carbons (Fsp3) is 0.250. The average Bonchev–Trinajstić information content (AvgIpc) is 2.53. The first kappa shape index (κ1) is 11.6. The molecule has 17 heavy (non-hydrogen) atoms. The molecule has 0 aliphatic heterocycles. The Labute approximate surface area is 97.9 Å². The molecule has 0 aliphatic carbocycles. The molecule has 1 aromatic heterocycles. The number of aromatic nitrogens is 2. The molecule has 0 fully saturated rings. The molecule has 2 aromatic rings. The van der Waals surface area contributed by atoms with Gasteiger partial charge in [-0.3, -0.25) is 0 Å². The van der Waals surface area contributed by atoms with Crippen LogP contribution in [0.5, 0.6) is 0 Å². The van der Waals surface area contributed by atoms with Crippen molar-refractivity contribution in [1.82, 2.24) is 9.55 Å². The number of halogens is 2. The number of hydrogen-bond donors (Lipinski definition) is 1. The van der Waals surface area contributed by atoms with Gasteiger partial charge in [0.1, 0.15) is 11.6 Å². The number of anilines is 1. The molecule has 0 bridgehead atoms. The van der Waals surface area contributed by atoms with Crippen molar-refractivity contribution in [3.8, 4) is 0 Å². The van der Waals surface area contributed by atoms with Gasteiger partial charge >= 0.3 is 0 Å². The van der Waals surface area contributed by atoms with Crippen LogP contribution in [0.2, 0.25) is 0 Å². The minimum absolute atomic E-state index is 0.416. The monoisotopic (exact) mass is 237 g/mol. The quantitative estimate of drug-likeness (QED) is 0.890. The van der Waals surface area contributed by atoms with Crippen LogP contribution >= 0.6 is 0 Å². The van der Waals surface area contributed by atoms with Crippen molar-refractivity contribution >= 4 is 5.95 Å². The van der Waals surface area contributed by atoms with Gasteiger partial charge in [-0.2, -0.15) is 0 Å². The van der Waals surface area contributed by atoms with Gasteiger partial charge in [0, 0.05) is 18.8 Å². The number of benzene rings is 1. The average molecular weight is 237 g/mol. The molecule has 2 rings (SSSR count). The third kappa shape index (κ3) is 2.81. The first-order valence-corrected chi connectivity index (χ1v) is 5.29. The highest BCUT2D eigenvalue weighted by Gasteiger charge is 2.04. The summed E-state index contributed by atoms with van der Waals surface area (Å²) >= 11 is 0. The van der Waals surface area contributed by atoms with Crippen LogP contribution in [0, 0.1) is 18.6 Å². The van der Waals surface area contributed by atoms with E-state index < -0.39 is 11.6 Å². The standard InChI is InChI=1S/C12H13F2N3/c1-8-7-17(12(15)16-8)3-2-9-4-10(13)6-11(14)5-9/h4-7H,2-3H2,1H3,(H2,15,16). The van der Waals surface area contributed by atoms with E-state index in [1.54, 1.807) is 4.57 Å². The number of nitrogens with two attached hydrogens (primary N) is 1. The Balaban J connectivity index is 2.09. The van der Waals surface area contributed by atoms with Gasteiger partial charge in [-0.1, -0.05) is 0 Å². The molecule has 90 valence electrons. The van der Waals surface area contributed by atoms with Gasteiger partial charge < -0.3 is 10.3 Å². The molecule has 0 atom stereocenters. The Morgan fingerprint density at radius 1 is 1.24 bits per heavy atom. The van der Waals surface area contributed by atoms with Crippen LogP contribution in [0.25, 0.3) is 0 Å². The lowest BCUT2D eigenvalue weighted by molar-refractivity contribution is 0.577. The number of rotatable bonds is 3. The molecule has 5 heteroatoms. The van der Waals surface area contributed by atoms with E-state index in [1.807, 2.05) is 13.1 Å². The number of hydrogen-bond acceptors (Lipinski definition) is 2. The number of nitrogens with zero attached hydrogens (tertiary/aromatic N) is 2. The highest BCUT2D eigenvalue weighted by molar-refractivity contribution is 5.22. The maximum absolute atomic E-state index is 13.0. The predicted octanol–water partition coefficient (Wildman–Crippen LogP) is 2.29. The van der Waals surface area contributed by atoms with E-state index in [9.17, 15) is 8.78 Å². The lowest BCUT2D eigenvalue weighted by Gasteiger charge is -2.05. The van der Waals surface area contributed by atoms with E-state index in [0.29, 0.717) is 24.5 Å². The van der Waals surface area contributed by atoms with Gasteiger partial charge in [-0.25, -0.2) is 13.8 Å². The SMILES string of the molecule is Cc1cn(CCc2cc(F)cc(F)c2)c(N)n1.